The first-order valence-electron chi connectivity index (χ1n) is 5.19. The van der Waals surface area contributed by atoms with Crippen molar-refractivity contribution < 1.29 is 4.79 Å². The van der Waals surface area contributed by atoms with E-state index < -0.39 is 0 Å². The molecule has 0 atom stereocenters. The average Bonchev–Trinajstić information content (AvgIpc) is 2.68. The predicted molar refractivity (Wildman–Crippen MR) is 69.8 cm³/mol. The largest absolute Gasteiger partial charge is 0.311 e. The van der Waals surface area contributed by atoms with E-state index in [1.54, 1.807) is 6.20 Å². The lowest BCUT2D eigenvalue weighted by Gasteiger charge is -2.04. The maximum Gasteiger partial charge on any atom is 0.229 e. The summed E-state index contributed by atoms with van der Waals surface area (Å²) in [5, 5.41) is 9.37. The molecule has 0 aliphatic rings. The van der Waals surface area contributed by atoms with Crippen LogP contribution in [-0.2, 0) is 11.2 Å². The van der Waals surface area contributed by atoms with Crippen molar-refractivity contribution >= 4 is 27.7 Å². The molecule has 1 aromatic heterocycles. The lowest BCUT2D eigenvalue weighted by atomic mass is 10.1. The van der Waals surface area contributed by atoms with E-state index in [4.69, 9.17) is 0 Å². The fourth-order valence-corrected chi connectivity index (χ4v) is 1.71. The fraction of sp³-hybridized carbons (Fsp3) is 0.167. The van der Waals surface area contributed by atoms with Gasteiger partial charge in [-0.3, -0.25) is 9.89 Å². The molecule has 0 saturated heterocycles. The van der Waals surface area contributed by atoms with E-state index in [-0.39, 0.29) is 5.91 Å². The summed E-state index contributed by atoms with van der Waals surface area (Å²) >= 11 is 3.36. The van der Waals surface area contributed by atoms with Crippen molar-refractivity contribution in [2.45, 2.75) is 13.3 Å². The Bertz CT molecular complexity index is 519. The fourth-order valence-electron chi connectivity index (χ4n) is 1.44. The van der Waals surface area contributed by atoms with Gasteiger partial charge in [-0.15, -0.1) is 0 Å². The van der Waals surface area contributed by atoms with Gasteiger partial charge in [-0.25, -0.2) is 0 Å². The zero-order chi connectivity index (χ0) is 12.3. The molecule has 0 spiro atoms. The molecule has 1 heterocycles. The van der Waals surface area contributed by atoms with Gasteiger partial charge in [0.05, 0.1) is 12.6 Å². The van der Waals surface area contributed by atoms with Crippen molar-refractivity contribution in [3.8, 4) is 0 Å². The molecule has 88 valence electrons. The normalized spacial score (nSPS) is 10.2. The van der Waals surface area contributed by atoms with Crippen LogP contribution in [0.15, 0.2) is 34.9 Å². The summed E-state index contributed by atoms with van der Waals surface area (Å²) in [4.78, 5) is 11.7. The van der Waals surface area contributed by atoms with Gasteiger partial charge in [0, 0.05) is 10.0 Å². The Morgan fingerprint density at radius 3 is 2.71 bits per heavy atom. The highest BCUT2D eigenvalue weighted by atomic mass is 79.9. The maximum absolute atomic E-state index is 11.7. The SMILES string of the molecule is Cc1cn[nH]c1NC(=O)Cc1ccc(Br)cc1. The predicted octanol–water partition coefficient (Wildman–Crippen LogP) is 2.66. The van der Waals surface area contributed by atoms with E-state index in [0.717, 1.165) is 15.6 Å². The standard InChI is InChI=1S/C12H12BrN3O/c1-8-7-14-16-12(8)15-11(17)6-9-2-4-10(13)5-3-9/h2-5,7H,6H2,1H3,(H2,14,15,16,17). The summed E-state index contributed by atoms with van der Waals surface area (Å²) in [5.74, 6) is 0.604. The van der Waals surface area contributed by atoms with Crippen molar-refractivity contribution in [1.29, 1.82) is 0 Å². The number of halogens is 1. The van der Waals surface area contributed by atoms with E-state index in [1.807, 2.05) is 31.2 Å². The number of anilines is 1. The molecule has 0 aliphatic heterocycles. The van der Waals surface area contributed by atoms with Gasteiger partial charge in [0.1, 0.15) is 5.82 Å². The topological polar surface area (TPSA) is 57.8 Å². The van der Waals surface area contributed by atoms with Gasteiger partial charge in [-0.2, -0.15) is 5.10 Å². The van der Waals surface area contributed by atoms with Crippen LogP contribution in [0.1, 0.15) is 11.1 Å². The number of aromatic nitrogens is 2. The molecular formula is C12H12BrN3O. The summed E-state index contributed by atoms with van der Waals surface area (Å²) in [6.07, 6.45) is 2.03. The first kappa shape index (κ1) is 11.9. The van der Waals surface area contributed by atoms with E-state index in [1.165, 1.54) is 0 Å². The van der Waals surface area contributed by atoms with E-state index in [0.29, 0.717) is 12.2 Å². The Morgan fingerprint density at radius 2 is 2.12 bits per heavy atom. The Kier molecular flexibility index (Phi) is 3.58. The van der Waals surface area contributed by atoms with Crippen LogP contribution in [0.3, 0.4) is 0 Å². The first-order valence-corrected chi connectivity index (χ1v) is 5.99. The van der Waals surface area contributed by atoms with Crippen molar-refractivity contribution in [3.05, 3.63) is 46.1 Å². The first-order chi connectivity index (χ1) is 8.15. The smallest absolute Gasteiger partial charge is 0.229 e. The molecule has 5 heteroatoms. The van der Waals surface area contributed by atoms with Crippen LogP contribution >= 0.6 is 15.9 Å². The number of nitrogens with one attached hydrogen (secondary N) is 2. The average molecular weight is 294 g/mol. The van der Waals surface area contributed by atoms with Crippen LogP contribution in [-0.4, -0.2) is 16.1 Å². The second-order valence-electron chi connectivity index (χ2n) is 3.78. The summed E-state index contributed by atoms with van der Waals surface area (Å²) < 4.78 is 1.01. The molecule has 1 aromatic carbocycles. The molecule has 17 heavy (non-hydrogen) atoms. The zero-order valence-electron chi connectivity index (χ0n) is 9.33. The lowest BCUT2D eigenvalue weighted by molar-refractivity contribution is -0.115. The van der Waals surface area contributed by atoms with Crippen LogP contribution in [0.4, 0.5) is 5.82 Å². The van der Waals surface area contributed by atoms with Crippen molar-refractivity contribution in [3.63, 3.8) is 0 Å². The van der Waals surface area contributed by atoms with Crippen LogP contribution < -0.4 is 5.32 Å². The number of hydrogen-bond donors (Lipinski definition) is 2. The van der Waals surface area contributed by atoms with Gasteiger partial charge >= 0.3 is 0 Å². The Morgan fingerprint density at radius 1 is 1.41 bits per heavy atom. The minimum atomic E-state index is -0.0559. The van der Waals surface area contributed by atoms with Gasteiger partial charge in [0.25, 0.3) is 0 Å². The highest BCUT2D eigenvalue weighted by Crippen LogP contribution is 2.12. The number of H-pyrrole nitrogens is 1. The third-order valence-electron chi connectivity index (χ3n) is 2.37. The Balaban J connectivity index is 1.98. The van der Waals surface area contributed by atoms with Crippen LogP contribution in [0.25, 0.3) is 0 Å². The van der Waals surface area contributed by atoms with Gasteiger partial charge in [0.2, 0.25) is 5.91 Å². The number of nitrogens with zero attached hydrogens (tertiary/aromatic N) is 1. The van der Waals surface area contributed by atoms with Crippen LogP contribution in [0, 0.1) is 6.92 Å². The number of aromatic amines is 1. The van der Waals surface area contributed by atoms with Crippen molar-refractivity contribution in [2.75, 3.05) is 5.32 Å². The molecule has 0 radical (unpaired) electrons. The third kappa shape index (κ3) is 3.17. The molecule has 2 rings (SSSR count). The van der Waals surface area contributed by atoms with Gasteiger partial charge in [0.15, 0.2) is 0 Å². The number of benzene rings is 1. The second kappa shape index (κ2) is 5.14. The molecule has 2 N–H and O–H groups in total. The van der Waals surface area contributed by atoms with Crippen molar-refractivity contribution in [2.24, 2.45) is 0 Å². The number of aryl methyl sites for hydroxylation is 1. The Hall–Kier alpha value is -1.62. The highest BCUT2D eigenvalue weighted by molar-refractivity contribution is 9.10. The van der Waals surface area contributed by atoms with Crippen LogP contribution in [0.2, 0.25) is 0 Å². The quantitative estimate of drug-likeness (QED) is 0.914. The summed E-state index contributed by atoms with van der Waals surface area (Å²) in [7, 11) is 0. The minimum absolute atomic E-state index is 0.0559. The van der Waals surface area contributed by atoms with Crippen molar-refractivity contribution in [1.82, 2.24) is 10.2 Å². The highest BCUT2D eigenvalue weighted by Gasteiger charge is 2.06. The summed E-state index contributed by atoms with van der Waals surface area (Å²) in [6.45, 7) is 1.89. The third-order valence-corrected chi connectivity index (χ3v) is 2.90. The van der Waals surface area contributed by atoms with E-state index in [2.05, 4.69) is 31.4 Å². The molecule has 0 saturated carbocycles. The summed E-state index contributed by atoms with van der Waals surface area (Å²) in [6, 6.07) is 7.68. The molecule has 0 unspecified atom stereocenters. The minimum Gasteiger partial charge on any atom is -0.311 e. The number of carbonyl (C=O) groups excluding carboxylic acids is 1. The molecule has 0 fully saturated rings. The number of carbonyl (C=O) groups is 1. The molecule has 1 amide bonds. The zero-order valence-corrected chi connectivity index (χ0v) is 10.9. The molecule has 2 aromatic rings. The maximum atomic E-state index is 11.7. The molecular weight excluding hydrogens is 282 g/mol. The van der Waals surface area contributed by atoms with E-state index in [9.17, 15) is 4.79 Å². The number of rotatable bonds is 3. The van der Waals surface area contributed by atoms with Crippen LogP contribution in [0.5, 0.6) is 0 Å². The summed E-state index contributed by atoms with van der Waals surface area (Å²) in [5.41, 5.74) is 1.90. The number of amides is 1. The number of hydrogen-bond acceptors (Lipinski definition) is 2. The van der Waals surface area contributed by atoms with Gasteiger partial charge in [-0.1, -0.05) is 28.1 Å². The van der Waals surface area contributed by atoms with Gasteiger partial charge in [-0.05, 0) is 24.6 Å². The molecule has 0 aliphatic carbocycles. The monoisotopic (exact) mass is 293 g/mol. The molecule has 0 bridgehead atoms. The Labute approximate surface area is 108 Å². The van der Waals surface area contributed by atoms with Gasteiger partial charge < -0.3 is 5.32 Å². The molecule has 4 nitrogen and oxygen atoms in total. The lowest BCUT2D eigenvalue weighted by Crippen LogP contribution is -2.15. The van der Waals surface area contributed by atoms with E-state index >= 15 is 0 Å². The second-order valence-corrected chi connectivity index (χ2v) is 4.70.